The summed E-state index contributed by atoms with van der Waals surface area (Å²) in [5.41, 5.74) is 0.406. The van der Waals surface area contributed by atoms with E-state index in [1.807, 2.05) is 0 Å². The first-order valence-corrected chi connectivity index (χ1v) is 4.86. The molecule has 1 heterocycles. The molecule has 80 valence electrons. The molecule has 1 aromatic carbocycles. The van der Waals surface area contributed by atoms with Gasteiger partial charge in [0.1, 0.15) is 12.0 Å². The van der Waals surface area contributed by atoms with Crippen molar-refractivity contribution in [2.45, 2.75) is 25.1 Å². The van der Waals surface area contributed by atoms with Gasteiger partial charge in [0, 0.05) is 6.42 Å². The molecular formula is C11H11F2NO. The number of carbonyl (C=O) groups is 1. The van der Waals surface area contributed by atoms with E-state index in [0.29, 0.717) is 18.4 Å². The Morgan fingerprint density at radius 3 is 2.53 bits per heavy atom. The summed E-state index contributed by atoms with van der Waals surface area (Å²) in [5, 5.41) is 2.56. The van der Waals surface area contributed by atoms with Crippen molar-refractivity contribution in [3.8, 4) is 0 Å². The van der Waals surface area contributed by atoms with Crippen molar-refractivity contribution >= 4 is 5.91 Å². The number of carbonyl (C=O) groups excluding carboxylic acids is 1. The number of hydrogen-bond donors (Lipinski definition) is 1. The van der Waals surface area contributed by atoms with E-state index in [-0.39, 0.29) is 11.7 Å². The van der Waals surface area contributed by atoms with Crippen LogP contribution in [-0.2, 0) is 4.79 Å². The van der Waals surface area contributed by atoms with Crippen LogP contribution in [0.3, 0.4) is 0 Å². The summed E-state index contributed by atoms with van der Waals surface area (Å²) in [6.45, 7) is 0. The van der Waals surface area contributed by atoms with E-state index in [9.17, 15) is 13.6 Å². The second kappa shape index (κ2) is 3.96. The van der Waals surface area contributed by atoms with Gasteiger partial charge in [-0.1, -0.05) is 12.1 Å². The molecule has 1 fully saturated rings. The van der Waals surface area contributed by atoms with Crippen LogP contribution in [0.2, 0.25) is 0 Å². The second-order valence-electron chi connectivity index (χ2n) is 3.67. The van der Waals surface area contributed by atoms with Crippen molar-refractivity contribution in [1.29, 1.82) is 0 Å². The molecule has 0 aliphatic carbocycles. The zero-order chi connectivity index (χ0) is 10.8. The molecule has 15 heavy (non-hydrogen) atoms. The Morgan fingerprint density at radius 2 is 2.00 bits per heavy atom. The second-order valence-corrected chi connectivity index (χ2v) is 3.67. The quantitative estimate of drug-likeness (QED) is 0.797. The van der Waals surface area contributed by atoms with E-state index in [1.165, 1.54) is 24.3 Å². The lowest BCUT2D eigenvalue weighted by molar-refractivity contribution is -0.119. The minimum absolute atomic E-state index is 0.121. The lowest BCUT2D eigenvalue weighted by atomic mass is 10.0. The van der Waals surface area contributed by atoms with E-state index in [2.05, 4.69) is 5.32 Å². The Labute approximate surface area is 86.3 Å². The molecule has 0 spiro atoms. The van der Waals surface area contributed by atoms with Crippen LogP contribution in [0.25, 0.3) is 0 Å². The molecule has 1 N–H and O–H groups in total. The number of halogens is 2. The third-order valence-electron chi connectivity index (χ3n) is 2.57. The van der Waals surface area contributed by atoms with Crippen molar-refractivity contribution in [2.24, 2.45) is 0 Å². The summed E-state index contributed by atoms with van der Waals surface area (Å²) in [7, 11) is 0. The first-order valence-electron chi connectivity index (χ1n) is 4.86. The first kappa shape index (κ1) is 10.1. The largest absolute Gasteiger partial charge is 0.350 e. The summed E-state index contributed by atoms with van der Waals surface area (Å²) >= 11 is 0. The van der Waals surface area contributed by atoms with E-state index in [1.54, 1.807) is 0 Å². The Kier molecular flexibility index (Phi) is 2.66. The molecule has 2 atom stereocenters. The van der Waals surface area contributed by atoms with Gasteiger partial charge in [0.25, 0.3) is 0 Å². The van der Waals surface area contributed by atoms with Crippen molar-refractivity contribution < 1.29 is 13.6 Å². The summed E-state index contributed by atoms with van der Waals surface area (Å²) in [5.74, 6) is -0.508. The predicted molar refractivity (Wildman–Crippen MR) is 51.4 cm³/mol. The SMILES string of the molecule is O=C1CCC(C(F)c2ccc(F)cc2)N1. The maximum absolute atomic E-state index is 13.8. The monoisotopic (exact) mass is 211 g/mol. The number of alkyl halides is 1. The fourth-order valence-electron chi connectivity index (χ4n) is 1.74. The minimum atomic E-state index is -1.25. The van der Waals surface area contributed by atoms with Crippen LogP contribution in [-0.4, -0.2) is 11.9 Å². The average molecular weight is 211 g/mol. The molecule has 0 saturated carbocycles. The zero-order valence-corrected chi connectivity index (χ0v) is 8.04. The van der Waals surface area contributed by atoms with Gasteiger partial charge in [0.15, 0.2) is 0 Å². The topological polar surface area (TPSA) is 29.1 Å². The first-order chi connectivity index (χ1) is 7.16. The number of benzene rings is 1. The van der Waals surface area contributed by atoms with Crippen molar-refractivity contribution in [3.63, 3.8) is 0 Å². The summed E-state index contributed by atoms with van der Waals surface area (Å²) < 4.78 is 26.4. The molecule has 1 aromatic rings. The highest BCUT2D eigenvalue weighted by Gasteiger charge is 2.29. The van der Waals surface area contributed by atoms with Crippen LogP contribution in [0.15, 0.2) is 24.3 Å². The van der Waals surface area contributed by atoms with Crippen molar-refractivity contribution in [2.75, 3.05) is 0 Å². The highest BCUT2D eigenvalue weighted by molar-refractivity contribution is 5.78. The lowest BCUT2D eigenvalue weighted by Gasteiger charge is -2.15. The van der Waals surface area contributed by atoms with Crippen LogP contribution in [0.5, 0.6) is 0 Å². The van der Waals surface area contributed by atoms with Gasteiger partial charge in [-0.15, -0.1) is 0 Å². The third kappa shape index (κ3) is 2.14. The zero-order valence-electron chi connectivity index (χ0n) is 8.04. The molecule has 2 nitrogen and oxygen atoms in total. The van der Waals surface area contributed by atoms with E-state index >= 15 is 0 Å². The van der Waals surface area contributed by atoms with Gasteiger partial charge in [0.05, 0.1) is 6.04 Å². The molecule has 1 amide bonds. The Hall–Kier alpha value is -1.45. The smallest absolute Gasteiger partial charge is 0.220 e. The maximum atomic E-state index is 13.8. The van der Waals surface area contributed by atoms with Crippen molar-refractivity contribution in [1.82, 2.24) is 5.32 Å². The van der Waals surface area contributed by atoms with Gasteiger partial charge in [-0.05, 0) is 24.1 Å². The fraction of sp³-hybridized carbons (Fsp3) is 0.364. The van der Waals surface area contributed by atoms with Crippen LogP contribution in [0, 0.1) is 5.82 Å². The van der Waals surface area contributed by atoms with E-state index < -0.39 is 12.2 Å². The summed E-state index contributed by atoms with van der Waals surface area (Å²) in [6.07, 6.45) is -0.388. The minimum Gasteiger partial charge on any atom is -0.350 e. The van der Waals surface area contributed by atoms with Gasteiger partial charge < -0.3 is 5.32 Å². The lowest BCUT2D eigenvalue weighted by Crippen LogP contribution is -2.29. The molecule has 4 heteroatoms. The molecule has 2 rings (SSSR count). The van der Waals surface area contributed by atoms with Gasteiger partial charge in [0.2, 0.25) is 5.91 Å². The van der Waals surface area contributed by atoms with Crippen LogP contribution in [0.4, 0.5) is 8.78 Å². The highest BCUT2D eigenvalue weighted by atomic mass is 19.1. The normalized spacial score (nSPS) is 22.5. The molecule has 0 aromatic heterocycles. The molecule has 1 saturated heterocycles. The standard InChI is InChI=1S/C11H11F2NO/c12-8-3-1-7(2-4-8)11(13)9-5-6-10(15)14-9/h1-4,9,11H,5-6H2,(H,14,15). The molecule has 0 bridgehead atoms. The number of nitrogens with one attached hydrogen (secondary N) is 1. The maximum Gasteiger partial charge on any atom is 0.220 e. The van der Waals surface area contributed by atoms with E-state index in [0.717, 1.165) is 0 Å². The number of amides is 1. The fourth-order valence-corrected chi connectivity index (χ4v) is 1.74. The van der Waals surface area contributed by atoms with Crippen LogP contribution >= 0.6 is 0 Å². The highest BCUT2D eigenvalue weighted by Crippen LogP contribution is 2.26. The molecule has 1 aliphatic heterocycles. The molecule has 0 radical (unpaired) electrons. The Morgan fingerprint density at radius 1 is 1.33 bits per heavy atom. The Balaban J connectivity index is 2.10. The van der Waals surface area contributed by atoms with Gasteiger partial charge in [-0.2, -0.15) is 0 Å². The number of rotatable bonds is 2. The van der Waals surface area contributed by atoms with Gasteiger partial charge in [-0.3, -0.25) is 4.79 Å². The molecular weight excluding hydrogens is 200 g/mol. The van der Waals surface area contributed by atoms with Gasteiger partial charge in [-0.25, -0.2) is 8.78 Å². The van der Waals surface area contributed by atoms with E-state index in [4.69, 9.17) is 0 Å². The van der Waals surface area contributed by atoms with Gasteiger partial charge >= 0.3 is 0 Å². The third-order valence-corrected chi connectivity index (χ3v) is 2.57. The number of hydrogen-bond acceptors (Lipinski definition) is 1. The van der Waals surface area contributed by atoms with Crippen LogP contribution < -0.4 is 5.32 Å². The predicted octanol–water partition coefficient (Wildman–Crippen LogP) is 2.11. The summed E-state index contributed by atoms with van der Waals surface area (Å²) in [6, 6.07) is 4.79. The molecule has 2 unspecified atom stereocenters. The Bertz CT molecular complexity index is 363. The average Bonchev–Trinajstić information content (AvgIpc) is 2.65. The van der Waals surface area contributed by atoms with Crippen molar-refractivity contribution in [3.05, 3.63) is 35.6 Å². The molecule has 1 aliphatic rings. The van der Waals surface area contributed by atoms with Crippen LogP contribution in [0.1, 0.15) is 24.6 Å². The summed E-state index contributed by atoms with van der Waals surface area (Å²) in [4.78, 5) is 10.9.